The van der Waals surface area contributed by atoms with Gasteiger partial charge in [0.15, 0.2) is 0 Å². The monoisotopic (exact) mass is 639 g/mol. The second kappa shape index (κ2) is 12.1. The van der Waals surface area contributed by atoms with Crippen molar-refractivity contribution in [3.05, 3.63) is 199 Å². The number of nitrogens with zero attached hydrogens (tertiary/aromatic N) is 1. The molecule has 1 heteroatoms. The molecule has 0 spiro atoms. The van der Waals surface area contributed by atoms with Gasteiger partial charge in [-0.2, -0.15) is 0 Å². The Balaban J connectivity index is 1.38. The molecule has 9 rings (SSSR count). The Morgan fingerprint density at radius 3 is 1.70 bits per heavy atom. The van der Waals surface area contributed by atoms with Gasteiger partial charge in [0, 0.05) is 22.1 Å². The SMILES string of the molecule is CC1(C)c2ccccc2-c2cc(N(c3cccc(-c4ccccc4)c3-c3ccccc3-c3ccccc3)c3cccc4ccccc34)ccc21. The molecule has 0 amide bonds. The van der Waals surface area contributed by atoms with Crippen molar-refractivity contribution < 1.29 is 0 Å². The highest BCUT2D eigenvalue weighted by Gasteiger charge is 2.36. The molecular formula is C49H37N. The summed E-state index contributed by atoms with van der Waals surface area (Å²) in [6.07, 6.45) is 0. The van der Waals surface area contributed by atoms with E-state index in [-0.39, 0.29) is 5.41 Å². The molecular weight excluding hydrogens is 603 g/mol. The molecule has 0 atom stereocenters. The van der Waals surface area contributed by atoms with Crippen LogP contribution in [0.3, 0.4) is 0 Å². The summed E-state index contributed by atoms with van der Waals surface area (Å²) in [5.41, 5.74) is 15.9. The van der Waals surface area contributed by atoms with Crippen LogP contribution in [0.4, 0.5) is 17.1 Å². The Kier molecular flexibility index (Phi) is 7.21. The lowest BCUT2D eigenvalue weighted by Gasteiger charge is -2.31. The van der Waals surface area contributed by atoms with Gasteiger partial charge in [0.1, 0.15) is 0 Å². The lowest BCUT2D eigenvalue weighted by atomic mass is 9.82. The van der Waals surface area contributed by atoms with Crippen LogP contribution in [0.2, 0.25) is 0 Å². The van der Waals surface area contributed by atoms with Crippen molar-refractivity contribution >= 4 is 27.8 Å². The Labute approximate surface area is 294 Å². The fourth-order valence-electron chi connectivity index (χ4n) is 8.10. The predicted molar refractivity (Wildman–Crippen MR) is 213 cm³/mol. The lowest BCUT2D eigenvalue weighted by Crippen LogP contribution is -2.16. The van der Waals surface area contributed by atoms with Crippen LogP contribution in [0.5, 0.6) is 0 Å². The van der Waals surface area contributed by atoms with Gasteiger partial charge in [0.25, 0.3) is 0 Å². The van der Waals surface area contributed by atoms with Crippen molar-refractivity contribution in [1.82, 2.24) is 0 Å². The summed E-state index contributed by atoms with van der Waals surface area (Å²) in [4.78, 5) is 2.50. The van der Waals surface area contributed by atoms with Gasteiger partial charge in [-0.05, 0) is 79.7 Å². The van der Waals surface area contributed by atoms with Gasteiger partial charge in [-0.1, -0.05) is 178 Å². The lowest BCUT2D eigenvalue weighted by molar-refractivity contribution is 0.660. The number of fused-ring (bicyclic) bond motifs is 4. The van der Waals surface area contributed by atoms with Crippen LogP contribution >= 0.6 is 0 Å². The van der Waals surface area contributed by atoms with E-state index in [1.54, 1.807) is 0 Å². The van der Waals surface area contributed by atoms with Crippen LogP contribution in [0.25, 0.3) is 55.3 Å². The van der Waals surface area contributed by atoms with Crippen molar-refractivity contribution in [2.75, 3.05) is 4.90 Å². The highest BCUT2D eigenvalue weighted by atomic mass is 15.1. The topological polar surface area (TPSA) is 3.24 Å². The second-order valence-corrected chi connectivity index (χ2v) is 13.7. The van der Waals surface area contributed by atoms with E-state index in [1.807, 2.05) is 0 Å². The summed E-state index contributed by atoms with van der Waals surface area (Å²) in [6, 6.07) is 68.7. The van der Waals surface area contributed by atoms with Crippen LogP contribution in [0.1, 0.15) is 25.0 Å². The molecule has 50 heavy (non-hydrogen) atoms. The van der Waals surface area contributed by atoms with E-state index in [4.69, 9.17) is 0 Å². The van der Waals surface area contributed by atoms with Gasteiger partial charge in [-0.3, -0.25) is 0 Å². The molecule has 1 nitrogen and oxygen atoms in total. The summed E-state index contributed by atoms with van der Waals surface area (Å²) < 4.78 is 0. The molecule has 0 aromatic heterocycles. The van der Waals surface area contributed by atoms with Crippen LogP contribution in [-0.2, 0) is 5.41 Å². The van der Waals surface area contributed by atoms with E-state index >= 15 is 0 Å². The summed E-state index contributed by atoms with van der Waals surface area (Å²) in [6.45, 7) is 4.70. The minimum absolute atomic E-state index is 0.0677. The van der Waals surface area contributed by atoms with Crippen molar-refractivity contribution in [2.45, 2.75) is 19.3 Å². The maximum atomic E-state index is 2.50. The number of anilines is 3. The first kappa shape index (κ1) is 29.9. The van der Waals surface area contributed by atoms with Crippen LogP contribution < -0.4 is 4.90 Å². The van der Waals surface area contributed by atoms with Gasteiger partial charge in [0.2, 0.25) is 0 Å². The van der Waals surface area contributed by atoms with Crippen molar-refractivity contribution in [1.29, 1.82) is 0 Å². The highest BCUT2D eigenvalue weighted by Crippen LogP contribution is 2.53. The maximum absolute atomic E-state index is 2.50. The van der Waals surface area contributed by atoms with Gasteiger partial charge in [-0.15, -0.1) is 0 Å². The Hall–Kier alpha value is -6.18. The average molecular weight is 640 g/mol. The summed E-state index contributed by atoms with van der Waals surface area (Å²) >= 11 is 0. The third kappa shape index (κ3) is 4.85. The standard InChI is InChI=1S/C49H37N/c1-49(2)44-28-14-13-25-41(44)43-33-37(31-32-45(43)49)50(46-29-15-22-35-21-9-10-24-39(35)46)47-30-16-27-40(36-19-7-4-8-20-36)48(47)42-26-12-11-23-38(42)34-17-5-3-6-18-34/h3-33H,1-2H3. The smallest absolute Gasteiger partial charge is 0.0546 e. The minimum Gasteiger partial charge on any atom is -0.309 e. The highest BCUT2D eigenvalue weighted by molar-refractivity contribution is 6.05. The Morgan fingerprint density at radius 2 is 0.920 bits per heavy atom. The number of benzene rings is 8. The molecule has 0 aliphatic heterocycles. The van der Waals surface area contributed by atoms with Crippen molar-refractivity contribution in [2.24, 2.45) is 0 Å². The maximum Gasteiger partial charge on any atom is 0.0546 e. The second-order valence-electron chi connectivity index (χ2n) is 13.7. The average Bonchev–Trinajstić information content (AvgIpc) is 3.41. The number of hydrogen-bond acceptors (Lipinski definition) is 1. The van der Waals surface area contributed by atoms with Crippen molar-refractivity contribution in [3.63, 3.8) is 0 Å². The quantitative estimate of drug-likeness (QED) is 0.175. The molecule has 0 heterocycles. The third-order valence-electron chi connectivity index (χ3n) is 10.5. The zero-order chi connectivity index (χ0) is 33.7. The van der Waals surface area contributed by atoms with E-state index in [9.17, 15) is 0 Å². The molecule has 1 aliphatic rings. The summed E-state index contributed by atoms with van der Waals surface area (Å²) in [5, 5.41) is 2.43. The van der Waals surface area contributed by atoms with Gasteiger partial charge >= 0.3 is 0 Å². The van der Waals surface area contributed by atoms with Gasteiger partial charge in [0.05, 0.1) is 11.4 Å². The predicted octanol–water partition coefficient (Wildman–Crippen LogP) is 13.6. The molecule has 0 N–H and O–H groups in total. The van der Waals surface area contributed by atoms with Crippen LogP contribution in [-0.4, -0.2) is 0 Å². The minimum atomic E-state index is -0.0677. The van der Waals surface area contributed by atoms with E-state index in [0.29, 0.717) is 0 Å². The first-order chi connectivity index (χ1) is 24.6. The molecule has 0 fully saturated rings. The Morgan fingerprint density at radius 1 is 0.380 bits per heavy atom. The largest absolute Gasteiger partial charge is 0.309 e. The van der Waals surface area contributed by atoms with E-state index in [0.717, 1.165) is 17.1 Å². The first-order valence-electron chi connectivity index (χ1n) is 17.5. The zero-order valence-electron chi connectivity index (χ0n) is 28.3. The normalized spacial score (nSPS) is 12.8. The summed E-state index contributed by atoms with van der Waals surface area (Å²) in [7, 11) is 0. The van der Waals surface area contributed by atoms with Crippen LogP contribution in [0, 0.1) is 0 Å². The Bertz CT molecular complexity index is 2500. The van der Waals surface area contributed by atoms with Crippen LogP contribution in [0.15, 0.2) is 188 Å². The van der Waals surface area contributed by atoms with E-state index in [1.165, 1.54) is 66.4 Å². The van der Waals surface area contributed by atoms with E-state index in [2.05, 4.69) is 207 Å². The third-order valence-corrected chi connectivity index (χ3v) is 10.5. The molecule has 0 radical (unpaired) electrons. The fourth-order valence-corrected chi connectivity index (χ4v) is 8.10. The van der Waals surface area contributed by atoms with Gasteiger partial charge in [-0.25, -0.2) is 0 Å². The van der Waals surface area contributed by atoms with Crippen molar-refractivity contribution in [3.8, 4) is 44.5 Å². The van der Waals surface area contributed by atoms with E-state index < -0.39 is 0 Å². The molecule has 8 aromatic rings. The first-order valence-corrected chi connectivity index (χ1v) is 17.5. The zero-order valence-corrected chi connectivity index (χ0v) is 28.3. The molecule has 0 saturated heterocycles. The fraction of sp³-hybridized carbons (Fsp3) is 0.0612. The molecule has 0 saturated carbocycles. The molecule has 238 valence electrons. The number of hydrogen-bond donors (Lipinski definition) is 0. The molecule has 1 aliphatic carbocycles. The molecule has 0 bridgehead atoms. The molecule has 0 unspecified atom stereocenters. The number of rotatable bonds is 6. The summed E-state index contributed by atoms with van der Waals surface area (Å²) in [5.74, 6) is 0. The molecule has 8 aromatic carbocycles. The van der Waals surface area contributed by atoms with Gasteiger partial charge < -0.3 is 4.90 Å².